The lowest BCUT2D eigenvalue weighted by molar-refractivity contribution is 0.0691. The molecule has 7 heteroatoms. The molecule has 1 aliphatic rings. The standard InChI is InChI=1S/C21H23N3O4/c1-3-6-22-10-13-7-12-8-15-11(9-16(12)24(13)2)4-5-14-18(15)23-20(26)17(19(14)25)21(27)28/h7-9,22H,3-6,10H2,1-2H3,(H,27,28)(H2,23,25,26). The topological polar surface area (TPSA) is 107 Å². The Balaban J connectivity index is 1.86. The van der Waals surface area contributed by atoms with Crippen LogP contribution in [0.25, 0.3) is 22.2 Å². The summed E-state index contributed by atoms with van der Waals surface area (Å²) in [5, 5.41) is 24.1. The van der Waals surface area contributed by atoms with Gasteiger partial charge < -0.3 is 25.1 Å². The Hall–Kier alpha value is -3.06. The molecule has 146 valence electrons. The number of nitrogens with zero attached hydrogens (tertiary/aromatic N) is 1. The largest absolute Gasteiger partial charge is 0.506 e. The number of aromatic carboxylic acids is 1. The average Bonchev–Trinajstić information content (AvgIpc) is 2.95. The second-order valence-corrected chi connectivity index (χ2v) is 7.28. The van der Waals surface area contributed by atoms with E-state index < -0.39 is 22.8 Å². The van der Waals surface area contributed by atoms with Crippen LogP contribution in [-0.4, -0.2) is 32.3 Å². The fraction of sp³-hybridized carbons (Fsp3) is 0.333. The molecule has 0 radical (unpaired) electrons. The summed E-state index contributed by atoms with van der Waals surface area (Å²) < 4.78 is 2.17. The van der Waals surface area contributed by atoms with Gasteiger partial charge >= 0.3 is 5.97 Å². The minimum atomic E-state index is -1.42. The van der Waals surface area contributed by atoms with Gasteiger partial charge in [0.25, 0.3) is 5.56 Å². The number of hydrogen-bond donors (Lipinski definition) is 4. The number of fused-ring (bicyclic) bond motifs is 4. The van der Waals surface area contributed by atoms with Gasteiger partial charge in [-0.1, -0.05) is 6.92 Å². The molecule has 0 saturated carbocycles. The van der Waals surface area contributed by atoms with E-state index in [-0.39, 0.29) is 0 Å². The first kappa shape index (κ1) is 18.3. The molecule has 0 bridgehead atoms. The van der Waals surface area contributed by atoms with Crippen LogP contribution in [0.5, 0.6) is 5.75 Å². The number of H-pyrrole nitrogens is 1. The van der Waals surface area contributed by atoms with Gasteiger partial charge in [-0.15, -0.1) is 0 Å². The summed E-state index contributed by atoms with van der Waals surface area (Å²) in [6.07, 6.45) is 2.22. The molecule has 3 aromatic rings. The fourth-order valence-corrected chi connectivity index (χ4v) is 4.05. The number of rotatable bonds is 5. The minimum Gasteiger partial charge on any atom is -0.506 e. The number of nitrogens with one attached hydrogen (secondary N) is 2. The Labute approximate surface area is 161 Å². The van der Waals surface area contributed by atoms with E-state index in [0.29, 0.717) is 24.1 Å². The maximum atomic E-state index is 12.2. The average molecular weight is 381 g/mol. The van der Waals surface area contributed by atoms with Crippen LogP contribution in [0.2, 0.25) is 0 Å². The third-order valence-corrected chi connectivity index (χ3v) is 5.52. The van der Waals surface area contributed by atoms with Crippen molar-refractivity contribution >= 4 is 16.9 Å². The molecular formula is C21H23N3O4. The Bertz CT molecular complexity index is 1160. The SMILES string of the molecule is CCCNCc1cc2cc3c(cc2n1C)CCc1c-3[nH]c(=O)c(C(=O)O)c1O. The van der Waals surface area contributed by atoms with E-state index in [2.05, 4.69) is 33.9 Å². The summed E-state index contributed by atoms with van der Waals surface area (Å²) in [6.45, 7) is 3.86. The highest BCUT2D eigenvalue weighted by atomic mass is 16.4. The molecular weight excluding hydrogens is 358 g/mol. The predicted molar refractivity (Wildman–Crippen MR) is 107 cm³/mol. The molecule has 0 spiro atoms. The molecule has 0 amide bonds. The summed E-state index contributed by atoms with van der Waals surface area (Å²) in [4.78, 5) is 26.2. The van der Waals surface area contributed by atoms with Crippen molar-refractivity contribution in [1.29, 1.82) is 0 Å². The first-order valence-corrected chi connectivity index (χ1v) is 9.46. The van der Waals surface area contributed by atoms with Crippen LogP contribution in [0.1, 0.15) is 40.5 Å². The van der Waals surface area contributed by atoms with Crippen molar-refractivity contribution in [2.45, 2.75) is 32.7 Å². The van der Waals surface area contributed by atoms with Gasteiger partial charge in [0.15, 0.2) is 5.56 Å². The van der Waals surface area contributed by atoms with Crippen LogP contribution in [0.3, 0.4) is 0 Å². The molecule has 0 saturated heterocycles. The number of pyridine rings is 1. The minimum absolute atomic E-state index is 0.422. The molecule has 2 aromatic heterocycles. The molecule has 0 unspecified atom stereocenters. The molecule has 1 aliphatic carbocycles. The first-order valence-electron chi connectivity index (χ1n) is 9.46. The van der Waals surface area contributed by atoms with Crippen LogP contribution < -0.4 is 10.9 Å². The maximum absolute atomic E-state index is 12.2. The Morgan fingerprint density at radius 3 is 2.79 bits per heavy atom. The van der Waals surface area contributed by atoms with Crippen molar-refractivity contribution in [2.24, 2.45) is 7.05 Å². The number of aromatic amines is 1. The molecule has 0 fully saturated rings. The zero-order valence-corrected chi connectivity index (χ0v) is 15.9. The molecule has 7 nitrogen and oxygen atoms in total. The molecule has 2 heterocycles. The Morgan fingerprint density at radius 1 is 1.29 bits per heavy atom. The number of hydrogen-bond acceptors (Lipinski definition) is 4. The number of aromatic nitrogens is 2. The molecule has 4 rings (SSSR count). The van der Waals surface area contributed by atoms with E-state index in [1.165, 1.54) is 5.69 Å². The smallest absolute Gasteiger partial charge is 0.345 e. The van der Waals surface area contributed by atoms with Crippen LogP contribution in [0, 0.1) is 0 Å². The zero-order chi connectivity index (χ0) is 20.0. The second kappa shape index (κ2) is 6.83. The molecule has 0 atom stereocenters. The summed E-state index contributed by atoms with van der Waals surface area (Å²) in [7, 11) is 2.04. The molecule has 1 aromatic carbocycles. The van der Waals surface area contributed by atoms with Gasteiger partial charge in [-0.05, 0) is 49.6 Å². The highest BCUT2D eigenvalue weighted by Gasteiger charge is 2.27. The zero-order valence-electron chi connectivity index (χ0n) is 15.9. The highest BCUT2D eigenvalue weighted by molar-refractivity contribution is 5.94. The lowest BCUT2D eigenvalue weighted by Gasteiger charge is -2.21. The van der Waals surface area contributed by atoms with E-state index in [9.17, 15) is 19.8 Å². The van der Waals surface area contributed by atoms with Crippen LogP contribution in [0.4, 0.5) is 0 Å². The predicted octanol–water partition coefficient (Wildman–Crippen LogP) is 2.54. The quantitative estimate of drug-likeness (QED) is 0.508. The second-order valence-electron chi connectivity index (χ2n) is 7.28. The van der Waals surface area contributed by atoms with Crippen molar-refractivity contribution in [3.05, 3.63) is 50.9 Å². The first-order chi connectivity index (χ1) is 13.4. The number of aromatic hydroxyl groups is 1. The lowest BCUT2D eigenvalue weighted by Crippen LogP contribution is -2.22. The number of carboxylic acid groups (broad SMARTS) is 1. The number of benzene rings is 1. The van der Waals surface area contributed by atoms with Gasteiger partial charge in [0, 0.05) is 41.3 Å². The fourth-order valence-electron chi connectivity index (χ4n) is 4.05. The van der Waals surface area contributed by atoms with Crippen LogP contribution in [0.15, 0.2) is 23.0 Å². The van der Waals surface area contributed by atoms with Crippen molar-refractivity contribution in [2.75, 3.05) is 6.54 Å². The normalized spacial score (nSPS) is 12.8. The van der Waals surface area contributed by atoms with Gasteiger partial charge in [-0.3, -0.25) is 4.79 Å². The Kier molecular flexibility index (Phi) is 4.47. The van der Waals surface area contributed by atoms with Gasteiger partial charge in [-0.25, -0.2) is 4.79 Å². The monoisotopic (exact) mass is 381 g/mol. The molecule has 4 N–H and O–H groups in total. The summed E-state index contributed by atoms with van der Waals surface area (Å²) in [6, 6.07) is 6.26. The third kappa shape index (κ3) is 2.79. The van der Waals surface area contributed by atoms with E-state index in [1.54, 1.807) is 0 Å². The number of carbonyl (C=O) groups is 1. The van der Waals surface area contributed by atoms with Crippen molar-refractivity contribution in [3.63, 3.8) is 0 Å². The summed E-state index contributed by atoms with van der Waals surface area (Å²) in [5.41, 5.74) is 3.84. The lowest BCUT2D eigenvalue weighted by atomic mass is 9.87. The van der Waals surface area contributed by atoms with Crippen molar-refractivity contribution in [1.82, 2.24) is 14.9 Å². The van der Waals surface area contributed by atoms with Gasteiger partial charge in [0.05, 0.1) is 5.69 Å². The Morgan fingerprint density at radius 2 is 2.07 bits per heavy atom. The van der Waals surface area contributed by atoms with Gasteiger partial charge in [0.1, 0.15) is 5.75 Å². The number of carboxylic acids is 1. The van der Waals surface area contributed by atoms with E-state index in [1.807, 2.05) is 13.1 Å². The van der Waals surface area contributed by atoms with Crippen LogP contribution in [-0.2, 0) is 26.4 Å². The highest BCUT2D eigenvalue weighted by Crippen LogP contribution is 2.39. The van der Waals surface area contributed by atoms with Crippen molar-refractivity contribution in [3.8, 4) is 17.0 Å². The van der Waals surface area contributed by atoms with Gasteiger partial charge in [-0.2, -0.15) is 0 Å². The van der Waals surface area contributed by atoms with E-state index in [4.69, 9.17) is 0 Å². The van der Waals surface area contributed by atoms with Crippen molar-refractivity contribution < 1.29 is 15.0 Å². The molecule has 28 heavy (non-hydrogen) atoms. The third-order valence-electron chi connectivity index (χ3n) is 5.52. The van der Waals surface area contributed by atoms with E-state index in [0.717, 1.165) is 41.5 Å². The number of aryl methyl sites for hydroxylation is 2. The van der Waals surface area contributed by atoms with Gasteiger partial charge in [0.2, 0.25) is 0 Å². The maximum Gasteiger partial charge on any atom is 0.345 e. The summed E-state index contributed by atoms with van der Waals surface area (Å²) in [5.74, 6) is -1.84. The summed E-state index contributed by atoms with van der Waals surface area (Å²) >= 11 is 0. The van der Waals surface area contributed by atoms with Crippen LogP contribution >= 0.6 is 0 Å². The molecule has 0 aliphatic heterocycles. The van der Waals surface area contributed by atoms with E-state index >= 15 is 0 Å².